The summed E-state index contributed by atoms with van der Waals surface area (Å²) in [7, 11) is 0. The summed E-state index contributed by atoms with van der Waals surface area (Å²) in [6, 6.07) is 1.86. The lowest BCUT2D eigenvalue weighted by atomic mass is 10.1. The van der Waals surface area contributed by atoms with Gasteiger partial charge in [0, 0.05) is 12.6 Å². The molecule has 0 aliphatic carbocycles. The third-order valence-electron chi connectivity index (χ3n) is 1.75. The van der Waals surface area contributed by atoms with Gasteiger partial charge in [-0.25, -0.2) is 4.98 Å². The molecule has 0 amide bonds. The zero-order valence-corrected chi connectivity index (χ0v) is 8.12. The van der Waals surface area contributed by atoms with Crippen LogP contribution in [0, 0.1) is 6.92 Å². The standard InChI is InChI=1S/C9H12ClNO2/c1-6-2-7(3-8(13)5-12)4-11-9(6)10/h2,4,8,12-13H,3,5H2,1H3. The molecule has 3 nitrogen and oxygen atoms in total. The van der Waals surface area contributed by atoms with E-state index in [2.05, 4.69) is 4.98 Å². The van der Waals surface area contributed by atoms with Gasteiger partial charge in [-0.3, -0.25) is 0 Å². The number of rotatable bonds is 3. The highest BCUT2D eigenvalue weighted by atomic mass is 35.5. The van der Waals surface area contributed by atoms with E-state index in [0.29, 0.717) is 11.6 Å². The van der Waals surface area contributed by atoms with Crippen molar-refractivity contribution < 1.29 is 10.2 Å². The summed E-state index contributed by atoms with van der Waals surface area (Å²) < 4.78 is 0. The zero-order chi connectivity index (χ0) is 9.84. The minimum atomic E-state index is -0.720. The van der Waals surface area contributed by atoms with Crippen molar-refractivity contribution in [3.05, 3.63) is 28.5 Å². The third kappa shape index (κ3) is 2.95. The molecular weight excluding hydrogens is 190 g/mol. The number of aryl methyl sites for hydroxylation is 1. The van der Waals surface area contributed by atoms with Gasteiger partial charge in [0.15, 0.2) is 0 Å². The Balaban J connectivity index is 2.73. The van der Waals surface area contributed by atoms with Crippen molar-refractivity contribution in [3.8, 4) is 0 Å². The largest absolute Gasteiger partial charge is 0.394 e. The summed E-state index contributed by atoms with van der Waals surface area (Å²) in [5.74, 6) is 0. The molecule has 0 aliphatic rings. The smallest absolute Gasteiger partial charge is 0.131 e. The Bertz CT molecular complexity index is 291. The normalized spacial score (nSPS) is 12.9. The highest BCUT2D eigenvalue weighted by Crippen LogP contribution is 2.13. The average Bonchev–Trinajstić information content (AvgIpc) is 2.11. The number of aliphatic hydroxyl groups is 2. The zero-order valence-electron chi connectivity index (χ0n) is 7.37. The van der Waals surface area contributed by atoms with Crippen LogP contribution in [0.1, 0.15) is 11.1 Å². The van der Waals surface area contributed by atoms with Crippen LogP contribution in [0.15, 0.2) is 12.3 Å². The first-order valence-electron chi connectivity index (χ1n) is 4.03. The van der Waals surface area contributed by atoms with Crippen LogP contribution in [0.3, 0.4) is 0 Å². The number of hydrogen-bond donors (Lipinski definition) is 2. The number of pyridine rings is 1. The van der Waals surface area contributed by atoms with Gasteiger partial charge in [-0.05, 0) is 18.1 Å². The molecule has 0 radical (unpaired) electrons. The van der Waals surface area contributed by atoms with Crippen molar-refractivity contribution in [2.75, 3.05) is 6.61 Å². The summed E-state index contributed by atoms with van der Waals surface area (Å²) in [6.45, 7) is 1.62. The fraction of sp³-hybridized carbons (Fsp3) is 0.444. The maximum Gasteiger partial charge on any atom is 0.131 e. The van der Waals surface area contributed by atoms with Crippen molar-refractivity contribution >= 4 is 11.6 Å². The van der Waals surface area contributed by atoms with E-state index in [1.807, 2.05) is 13.0 Å². The molecule has 1 unspecified atom stereocenters. The Morgan fingerprint density at radius 1 is 1.62 bits per heavy atom. The molecule has 0 aliphatic heterocycles. The summed E-state index contributed by atoms with van der Waals surface area (Å²) in [5.41, 5.74) is 1.76. The molecule has 0 spiro atoms. The predicted molar refractivity (Wildman–Crippen MR) is 50.8 cm³/mol. The van der Waals surface area contributed by atoms with E-state index >= 15 is 0 Å². The summed E-state index contributed by atoms with van der Waals surface area (Å²) >= 11 is 5.73. The van der Waals surface area contributed by atoms with Crippen molar-refractivity contribution in [2.24, 2.45) is 0 Å². The van der Waals surface area contributed by atoms with Crippen LogP contribution >= 0.6 is 11.6 Å². The maximum atomic E-state index is 9.16. The number of hydrogen-bond acceptors (Lipinski definition) is 3. The Morgan fingerprint density at radius 2 is 2.31 bits per heavy atom. The van der Waals surface area contributed by atoms with E-state index in [0.717, 1.165) is 11.1 Å². The molecule has 0 aromatic carbocycles. The summed E-state index contributed by atoms with van der Waals surface area (Å²) in [4.78, 5) is 3.94. The van der Waals surface area contributed by atoms with Crippen LogP contribution in [0.25, 0.3) is 0 Å². The molecule has 2 N–H and O–H groups in total. The SMILES string of the molecule is Cc1cc(CC(O)CO)cnc1Cl. The lowest BCUT2D eigenvalue weighted by Crippen LogP contribution is -2.15. The minimum Gasteiger partial charge on any atom is -0.394 e. The van der Waals surface area contributed by atoms with Gasteiger partial charge in [-0.1, -0.05) is 17.7 Å². The number of halogens is 1. The molecule has 0 fully saturated rings. The first kappa shape index (κ1) is 10.4. The van der Waals surface area contributed by atoms with Crippen LogP contribution in [0.5, 0.6) is 0 Å². The lowest BCUT2D eigenvalue weighted by Gasteiger charge is -2.07. The van der Waals surface area contributed by atoms with E-state index in [-0.39, 0.29) is 6.61 Å². The molecule has 0 bridgehead atoms. The van der Waals surface area contributed by atoms with Crippen LogP contribution in [0.2, 0.25) is 5.15 Å². The Hall–Kier alpha value is -0.640. The topological polar surface area (TPSA) is 53.4 Å². The van der Waals surface area contributed by atoms with Gasteiger partial charge in [0.1, 0.15) is 5.15 Å². The molecule has 1 atom stereocenters. The Labute approximate surface area is 82.0 Å². The van der Waals surface area contributed by atoms with Gasteiger partial charge in [-0.2, -0.15) is 0 Å². The van der Waals surface area contributed by atoms with Crippen molar-refractivity contribution in [1.29, 1.82) is 0 Å². The van der Waals surface area contributed by atoms with Crippen LogP contribution in [-0.2, 0) is 6.42 Å². The predicted octanol–water partition coefficient (Wildman–Crippen LogP) is 0.939. The van der Waals surface area contributed by atoms with Gasteiger partial charge in [0.25, 0.3) is 0 Å². The Morgan fingerprint density at radius 3 is 2.85 bits per heavy atom. The summed E-state index contributed by atoms with van der Waals surface area (Å²) in [5, 5.41) is 18.3. The highest BCUT2D eigenvalue weighted by Gasteiger charge is 2.05. The first-order chi connectivity index (χ1) is 6.13. The molecule has 1 rings (SSSR count). The summed E-state index contributed by atoms with van der Waals surface area (Å²) in [6.07, 6.45) is 1.29. The van der Waals surface area contributed by atoms with Crippen molar-refractivity contribution in [2.45, 2.75) is 19.4 Å². The van der Waals surface area contributed by atoms with E-state index in [1.54, 1.807) is 6.20 Å². The van der Waals surface area contributed by atoms with Gasteiger partial charge in [-0.15, -0.1) is 0 Å². The molecule has 1 aromatic heterocycles. The van der Waals surface area contributed by atoms with Crippen LogP contribution < -0.4 is 0 Å². The van der Waals surface area contributed by atoms with Gasteiger partial charge in [0.05, 0.1) is 12.7 Å². The molecule has 72 valence electrons. The fourth-order valence-electron chi connectivity index (χ4n) is 1.06. The fourth-order valence-corrected chi connectivity index (χ4v) is 1.17. The number of aliphatic hydroxyl groups excluding tert-OH is 2. The molecule has 1 heterocycles. The van der Waals surface area contributed by atoms with Crippen molar-refractivity contribution in [3.63, 3.8) is 0 Å². The van der Waals surface area contributed by atoms with E-state index in [9.17, 15) is 0 Å². The second-order valence-corrected chi connectivity index (χ2v) is 3.35. The average molecular weight is 202 g/mol. The third-order valence-corrected chi connectivity index (χ3v) is 2.15. The van der Waals surface area contributed by atoms with Crippen LogP contribution in [0.4, 0.5) is 0 Å². The van der Waals surface area contributed by atoms with E-state index in [4.69, 9.17) is 21.8 Å². The van der Waals surface area contributed by atoms with Crippen LogP contribution in [-0.4, -0.2) is 27.9 Å². The molecule has 0 saturated heterocycles. The molecule has 1 aromatic rings. The maximum absolute atomic E-state index is 9.16. The molecule has 13 heavy (non-hydrogen) atoms. The first-order valence-corrected chi connectivity index (χ1v) is 4.41. The number of aromatic nitrogens is 1. The lowest BCUT2D eigenvalue weighted by molar-refractivity contribution is 0.0954. The molecule has 4 heteroatoms. The second kappa shape index (κ2) is 4.56. The van der Waals surface area contributed by atoms with Gasteiger partial charge in [0.2, 0.25) is 0 Å². The van der Waals surface area contributed by atoms with Gasteiger partial charge < -0.3 is 10.2 Å². The Kier molecular flexibility index (Phi) is 3.66. The van der Waals surface area contributed by atoms with Gasteiger partial charge >= 0.3 is 0 Å². The number of nitrogens with zero attached hydrogens (tertiary/aromatic N) is 1. The molecular formula is C9H12ClNO2. The quantitative estimate of drug-likeness (QED) is 0.716. The highest BCUT2D eigenvalue weighted by molar-refractivity contribution is 6.30. The monoisotopic (exact) mass is 201 g/mol. The van der Waals surface area contributed by atoms with Crippen molar-refractivity contribution in [1.82, 2.24) is 4.98 Å². The van der Waals surface area contributed by atoms with E-state index in [1.165, 1.54) is 0 Å². The second-order valence-electron chi connectivity index (χ2n) is 2.99. The minimum absolute atomic E-state index is 0.234. The van der Waals surface area contributed by atoms with E-state index < -0.39 is 6.10 Å². The molecule has 0 saturated carbocycles.